The van der Waals surface area contributed by atoms with Crippen LogP contribution in [0.4, 0.5) is 0 Å². The van der Waals surface area contributed by atoms with Crippen molar-refractivity contribution >= 4 is 24.3 Å². The molecule has 0 saturated carbocycles. The van der Waals surface area contributed by atoms with Crippen LogP contribution in [0.25, 0.3) is 0 Å². The number of para-hydroxylation sites is 1. The summed E-state index contributed by atoms with van der Waals surface area (Å²) in [6, 6.07) is 13.2. The van der Waals surface area contributed by atoms with Crippen LogP contribution in [0.2, 0.25) is 0 Å². The first-order valence-corrected chi connectivity index (χ1v) is 7.43. The van der Waals surface area contributed by atoms with Gasteiger partial charge >= 0.3 is 7.12 Å². The van der Waals surface area contributed by atoms with Crippen molar-refractivity contribution in [3.05, 3.63) is 48.0 Å². The van der Waals surface area contributed by atoms with Gasteiger partial charge in [0.25, 0.3) is 0 Å². The van der Waals surface area contributed by atoms with E-state index in [1.165, 1.54) is 7.11 Å². The van der Waals surface area contributed by atoms with Crippen molar-refractivity contribution in [2.75, 3.05) is 14.2 Å². The molecule has 0 aromatic heterocycles. The lowest BCUT2D eigenvalue weighted by Crippen LogP contribution is -2.31. The van der Waals surface area contributed by atoms with Crippen molar-refractivity contribution in [1.82, 2.24) is 0 Å². The Bertz CT molecular complexity index is 604. The van der Waals surface area contributed by atoms with Gasteiger partial charge in [0.1, 0.15) is 11.5 Å². The van der Waals surface area contributed by atoms with Gasteiger partial charge in [0, 0.05) is 16.1 Å². The largest absolute Gasteiger partial charge is 0.497 e. The molecule has 2 aromatic carbocycles. The minimum absolute atomic E-state index is 0.371. The summed E-state index contributed by atoms with van der Waals surface area (Å²) in [7, 11) is 1.61. The molecule has 0 heterocycles. The Hall–Kier alpha value is -1.63. The Morgan fingerprint density at radius 3 is 2.38 bits per heavy atom. The first-order chi connectivity index (χ1) is 10.2. The first-order valence-electron chi connectivity index (χ1n) is 6.44. The van der Waals surface area contributed by atoms with Crippen LogP contribution >= 0.6 is 11.8 Å². The molecule has 4 nitrogen and oxygen atoms in total. The van der Waals surface area contributed by atoms with E-state index in [0.29, 0.717) is 17.0 Å². The molecule has 0 aliphatic heterocycles. The molecule has 0 aliphatic rings. The third-order valence-electron chi connectivity index (χ3n) is 3.04. The number of rotatable bonds is 6. The third-order valence-corrected chi connectivity index (χ3v) is 4.16. The van der Waals surface area contributed by atoms with Crippen LogP contribution in [-0.4, -0.2) is 31.4 Å². The maximum absolute atomic E-state index is 9.38. The summed E-state index contributed by atoms with van der Waals surface area (Å²) in [4.78, 5) is 1.04. The van der Waals surface area contributed by atoms with Crippen LogP contribution in [0.3, 0.4) is 0 Å². The fraction of sp³-hybridized carbons (Fsp3) is 0.200. The number of methoxy groups -OCH3 is 2. The Labute approximate surface area is 128 Å². The molecular weight excluding hydrogens is 287 g/mol. The summed E-state index contributed by atoms with van der Waals surface area (Å²) in [6.07, 6.45) is 0. The Kier molecular flexibility index (Phi) is 5.55. The zero-order valence-corrected chi connectivity index (χ0v) is 12.8. The van der Waals surface area contributed by atoms with Crippen LogP contribution in [-0.2, 0) is 5.75 Å². The van der Waals surface area contributed by atoms with Crippen LogP contribution in [0.5, 0.6) is 11.5 Å². The molecule has 0 amide bonds. The van der Waals surface area contributed by atoms with E-state index in [2.05, 4.69) is 0 Å². The lowest BCUT2D eigenvalue weighted by atomic mass is 9.79. The first kappa shape index (κ1) is 15.8. The smallest absolute Gasteiger partial charge is 0.492 e. The average molecular weight is 304 g/mol. The van der Waals surface area contributed by atoms with E-state index in [9.17, 15) is 10.0 Å². The number of hydrogen-bond acceptors (Lipinski definition) is 5. The maximum atomic E-state index is 9.38. The van der Waals surface area contributed by atoms with Crippen LogP contribution in [0.1, 0.15) is 5.56 Å². The minimum Gasteiger partial charge on any atom is -0.497 e. The zero-order chi connectivity index (χ0) is 15.2. The number of thioether (sulfide) groups is 1. The molecule has 6 heteroatoms. The van der Waals surface area contributed by atoms with Gasteiger partial charge in [-0.15, -0.1) is 11.8 Å². The highest BCUT2D eigenvalue weighted by Crippen LogP contribution is 2.31. The van der Waals surface area contributed by atoms with Crippen molar-refractivity contribution in [3.63, 3.8) is 0 Å². The van der Waals surface area contributed by atoms with E-state index >= 15 is 0 Å². The predicted octanol–water partition coefficient (Wildman–Crippen LogP) is 1.68. The topological polar surface area (TPSA) is 58.9 Å². The number of hydrogen-bond donors (Lipinski definition) is 2. The van der Waals surface area contributed by atoms with Gasteiger partial charge in [0.05, 0.1) is 14.2 Å². The van der Waals surface area contributed by atoms with Crippen molar-refractivity contribution < 1.29 is 19.5 Å². The fourth-order valence-corrected chi connectivity index (χ4v) is 2.94. The Morgan fingerprint density at radius 1 is 1.00 bits per heavy atom. The van der Waals surface area contributed by atoms with Crippen molar-refractivity contribution in [3.8, 4) is 11.5 Å². The highest BCUT2D eigenvalue weighted by molar-refractivity contribution is 7.98. The molecule has 0 aliphatic carbocycles. The maximum Gasteiger partial charge on any atom is 0.492 e. The van der Waals surface area contributed by atoms with Crippen LogP contribution in [0, 0.1) is 0 Å². The predicted molar refractivity (Wildman–Crippen MR) is 85.4 cm³/mol. The molecule has 0 radical (unpaired) electrons. The van der Waals surface area contributed by atoms with Crippen molar-refractivity contribution in [1.29, 1.82) is 0 Å². The Balaban J connectivity index is 2.15. The molecule has 0 bridgehead atoms. The second-order valence-electron chi connectivity index (χ2n) is 4.39. The van der Waals surface area contributed by atoms with E-state index in [0.717, 1.165) is 16.2 Å². The normalized spacial score (nSPS) is 10.3. The van der Waals surface area contributed by atoms with Gasteiger partial charge in [0.15, 0.2) is 0 Å². The Morgan fingerprint density at radius 2 is 1.71 bits per heavy atom. The van der Waals surface area contributed by atoms with Gasteiger partial charge in [-0.25, -0.2) is 0 Å². The summed E-state index contributed by atoms with van der Waals surface area (Å²) >= 11 is 1.63. The van der Waals surface area contributed by atoms with Gasteiger partial charge in [-0.2, -0.15) is 0 Å². The van der Waals surface area contributed by atoms with Crippen LogP contribution in [0.15, 0.2) is 47.4 Å². The second kappa shape index (κ2) is 7.40. The lowest BCUT2D eigenvalue weighted by molar-refractivity contribution is 0.403. The fourth-order valence-electron chi connectivity index (χ4n) is 1.97. The quantitative estimate of drug-likeness (QED) is 0.628. The molecule has 2 rings (SSSR count). The van der Waals surface area contributed by atoms with E-state index < -0.39 is 7.12 Å². The van der Waals surface area contributed by atoms with Crippen molar-refractivity contribution in [2.24, 2.45) is 0 Å². The van der Waals surface area contributed by atoms with Crippen molar-refractivity contribution in [2.45, 2.75) is 10.6 Å². The molecule has 0 spiro atoms. The van der Waals surface area contributed by atoms with Gasteiger partial charge < -0.3 is 19.5 Å². The van der Waals surface area contributed by atoms with Crippen LogP contribution < -0.4 is 14.9 Å². The van der Waals surface area contributed by atoms with E-state index in [4.69, 9.17) is 9.47 Å². The third kappa shape index (κ3) is 3.94. The van der Waals surface area contributed by atoms with Gasteiger partial charge in [-0.3, -0.25) is 0 Å². The van der Waals surface area contributed by atoms with E-state index in [1.807, 2.05) is 30.3 Å². The molecule has 21 heavy (non-hydrogen) atoms. The molecule has 0 unspecified atom stereocenters. The highest BCUT2D eigenvalue weighted by atomic mass is 32.2. The van der Waals surface area contributed by atoms with E-state index in [-0.39, 0.29) is 0 Å². The summed E-state index contributed by atoms with van der Waals surface area (Å²) in [5, 5.41) is 18.8. The number of ether oxygens (including phenoxy) is 2. The van der Waals surface area contributed by atoms with E-state index in [1.54, 1.807) is 31.0 Å². The summed E-state index contributed by atoms with van der Waals surface area (Å²) < 4.78 is 10.4. The lowest BCUT2D eigenvalue weighted by Gasteiger charge is -2.11. The zero-order valence-electron chi connectivity index (χ0n) is 11.9. The SMILES string of the molecule is COc1ccccc1SCc1ccc(OC)c(B(O)O)c1. The monoisotopic (exact) mass is 304 g/mol. The molecule has 110 valence electrons. The summed E-state index contributed by atoms with van der Waals surface area (Å²) in [6.45, 7) is 0. The summed E-state index contributed by atoms with van der Waals surface area (Å²) in [5.41, 5.74) is 1.35. The molecule has 0 atom stereocenters. The number of benzene rings is 2. The standard InChI is InChI=1S/C15H17BO4S/c1-19-13-8-7-11(9-12(13)16(17)18)10-21-15-6-4-3-5-14(15)20-2/h3-9,17-18H,10H2,1-2H3. The molecular formula is C15H17BO4S. The van der Waals surface area contributed by atoms with Gasteiger partial charge in [0.2, 0.25) is 0 Å². The highest BCUT2D eigenvalue weighted by Gasteiger charge is 2.17. The second-order valence-corrected chi connectivity index (χ2v) is 5.41. The molecule has 2 N–H and O–H groups in total. The average Bonchev–Trinajstić information content (AvgIpc) is 2.52. The molecule has 2 aromatic rings. The minimum atomic E-state index is -1.55. The van der Waals surface area contributed by atoms with Gasteiger partial charge in [-0.05, 0) is 23.8 Å². The molecule has 0 fully saturated rings. The molecule has 0 saturated heterocycles. The van der Waals surface area contributed by atoms with Gasteiger partial charge in [-0.1, -0.05) is 24.3 Å². The summed E-state index contributed by atoms with van der Waals surface area (Å²) in [5.74, 6) is 2.00.